The van der Waals surface area contributed by atoms with E-state index in [1.165, 1.54) is 26.4 Å². The highest BCUT2D eigenvalue weighted by Crippen LogP contribution is 2.37. The van der Waals surface area contributed by atoms with Crippen LogP contribution in [0.4, 0.5) is 4.39 Å². The van der Waals surface area contributed by atoms with E-state index in [2.05, 4.69) is 0 Å². The number of fused-ring (bicyclic) bond motifs is 2. The topological polar surface area (TPSA) is 60.7 Å². The van der Waals surface area contributed by atoms with Crippen molar-refractivity contribution in [2.45, 2.75) is 6.54 Å². The highest BCUT2D eigenvalue weighted by molar-refractivity contribution is 6.31. The van der Waals surface area contributed by atoms with Crippen LogP contribution in [0.2, 0.25) is 5.02 Å². The molecule has 0 bridgehead atoms. The molecule has 0 aliphatic carbocycles. The van der Waals surface area contributed by atoms with Gasteiger partial charge in [-0.05, 0) is 42.0 Å². The molecule has 1 heterocycles. The zero-order valence-corrected chi connectivity index (χ0v) is 16.5. The Morgan fingerprint density at radius 2 is 1.66 bits per heavy atom. The van der Waals surface area contributed by atoms with Gasteiger partial charge < -0.3 is 19.1 Å². The lowest BCUT2D eigenvalue weighted by molar-refractivity contribution is 0.339. The quantitative estimate of drug-likeness (QED) is 0.492. The Morgan fingerprint density at radius 1 is 1.00 bits per heavy atom. The number of halogens is 2. The molecule has 0 saturated heterocycles. The molecule has 7 heteroatoms. The third kappa shape index (κ3) is 3.15. The number of ether oxygens (including phenoxy) is 2. The maximum Gasteiger partial charge on any atom is 0.200 e. The van der Waals surface area contributed by atoms with Gasteiger partial charge in [0.1, 0.15) is 5.82 Å². The van der Waals surface area contributed by atoms with Gasteiger partial charge in [0, 0.05) is 17.3 Å². The SMILES string of the molecule is COc1cc(Cn2c3ccccc3c(=O)c3cc(F)c(Cl)cc32)cc(OC)c1O. The summed E-state index contributed by atoms with van der Waals surface area (Å²) >= 11 is 6.02. The zero-order chi connectivity index (χ0) is 20.7. The molecule has 5 nitrogen and oxygen atoms in total. The molecule has 0 atom stereocenters. The second-order valence-corrected chi connectivity index (χ2v) is 6.97. The maximum atomic E-state index is 14.1. The number of hydrogen-bond donors (Lipinski definition) is 1. The highest BCUT2D eigenvalue weighted by atomic mass is 35.5. The molecular formula is C22H17ClFNO4. The number of phenolic OH excluding ortho intramolecular Hbond substituents is 1. The molecule has 0 amide bonds. The highest BCUT2D eigenvalue weighted by Gasteiger charge is 2.16. The number of nitrogens with zero attached hydrogens (tertiary/aromatic N) is 1. The van der Waals surface area contributed by atoms with Crippen LogP contribution in [0.1, 0.15) is 5.56 Å². The van der Waals surface area contributed by atoms with Crippen LogP contribution in [0.3, 0.4) is 0 Å². The van der Waals surface area contributed by atoms with Crippen molar-refractivity contribution in [3.63, 3.8) is 0 Å². The average molecular weight is 414 g/mol. The molecule has 0 aliphatic rings. The average Bonchev–Trinajstić information content (AvgIpc) is 2.73. The molecule has 4 aromatic rings. The molecule has 0 unspecified atom stereocenters. The number of phenols is 1. The van der Waals surface area contributed by atoms with E-state index >= 15 is 0 Å². The Bertz CT molecular complexity index is 1290. The van der Waals surface area contributed by atoms with Crippen molar-refractivity contribution in [1.82, 2.24) is 4.57 Å². The van der Waals surface area contributed by atoms with E-state index in [4.69, 9.17) is 21.1 Å². The number of pyridine rings is 1. The van der Waals surface area contributed by atoms with Crippen molar-refractivity contribution in [3.05, 3.63) is 75.2 Å². The van der Waals surface area contributed by atoms with E-state index in [0.29, 0.717) is 23.0 Å². The van der Waals surface area contributed by atoms with E-state index < -0.39 is 5.82 Å². The van der Waals surface area contributed by atoms with Crippen LogP contribution in [-0.2, 0) is 6.54 Å². The van der Waals surface area contributed by atoms with E-state index in [1.54, 1.807) is 24.3 Å². The summed E-state index contributed by atoms with van der Waals surface area (Å²) < 4.78 is 26.4. The van der Waals surface area contributed by atoms with E-state index in [9.17, 15) is 14.3 Å². The van der Waals surface area contributed by atoms with Crippen molar-refractivity contribution in [1.29, 1.82) is 0 Å². The molecule has 29 heavy (non-hydrogen) atoms. The Balaban J connectivity index is 2.04. The van der Waals surface area contributed by atoms with Gasteiger partial charge >= 0.3 is 0 Å². The van der Waals surface area contributed by atoms with Gasteiger partial charge in [-0.25, -0.2) is 4.39 Å². The van der Waals surface area contributed by atoms with Gasteiger partial charge in [-0.1, -0.05) is 23.7 Å². The third-order valence-electron chi connectivity index (χ3n) is 4.89. The summed E-state index contributed by atoms with van der Waals surface area (Å²) in [4.78, 5) is 12.9. The minimum absolute atomic E-state index is 0.0678. The monoisotopic (exact) mass is 413 g/mol. The fourth-order valence-electron chi connectivity index (χ4n) is 3.51. The van der Waals surface area contributed by atoms with Crippen molar-refractivity contribution in [2.24, 2.45) is 0 Å². The standard InChI is InChI=1S/C22H17ClFNO4/c1-28-19-7-12(8-20(29-2)22(19)27)11-25-17-6-4-3-5-13(17)21(26)14-9-16(24)15(23)10-18(14)25/h3-10,27H,11H2,1-2H3. The summed E-state index contributed by atoms with van der Waals surface area (Å²) in [5.74, 6) is -0.222. The minimum atomic E-state index is -0.647. The van der Waals surface area contributed by atoms with Crippen LogP contribution in [0.15, 0.2) is 53.3 Å². The summed E-state index contributed by atoms with van der Waals surface area (Å²) in [5, 5.41) is 10.8. The first kappa shape index (κ1) is 19.1. The molecule has 4 rings (SSSR count). The Kier molecular flexibility index (Phi) is 4.80. The molecular weight excluding hydrogens is 397 g/mol. The van der Waals surface area contributed by atoms with Crippen LogP contribution >= 0.6 is 11.6 Å². The first-order valence-corrected chi connectivity index (χ1v) is 9.16. The van der Waals surface area contributed by atoms with Gasteiger partial charge in [-0.3, -0.25) is 4.79 Å². The number of hydrogen-bond acceptors (Lipinski definition) is 4. The molecule has 1 N–H and O–H groups in total. The Morgan fingerprint density at radius 3 is 2.31 bits per heavy atom. The summed E-state index contributed by atoms with van der Waals surface area (Å²) in [6.07, 6.45) is 0. The van der Waals surface area contributed by atoms with Crippen LogP contribution in [0.5, 0.6) is 17.2 Å². The molecule has 3 aromatic carbocycles. The lowest BCUT2D eigenvalue weighted by atomic mass is 10.1. The van der Waals surface area contributed by atoms with Gasteiger partial charge in [0.15, 0.2) is 16.9 Å². The van der Waals surface area contributed by atoms with Gasteiger partial charge in [-0.2, -0.15) is 0 Å². The first-order valence-electron chi connectivity index (χ1n) is 8.78. The normalized spacial score (nSPS) is 11.2. The molecule has 0 spiro atoms. The molecule has 0 radical (unpaired) electrons. The summed E-state index contributed by atoms with van der Waals surface area (Å²) in [6.45, 7) is 0.312. The first-order chi connectivity index (χ1) is 13.9. The molecule has 0 saturated carbocycles. The van der Waals surface area contributed by atoms with Crippen molar-refractivity contribution in [2.75, 3.05) is 14.2 Å². The van der Waals surface area contributed by atoms with Crippen LogP contribution in [0, 0.1) is 5.82 Å². The molecule has 148 valence electrons. The summed E-state index contributed by atoms with van der Waals surface area (Å²) in [6, 6.07) is 13.1. The van der Waals surface area contributed by atoms with Gasteiger partial charge in [0.05, 0.1) is 30.3 Å². The van der Waals surface area contributed by atoms with E-state index in [-0.39, 0.29) is 33.1 Å². The number of methoxy groups -OCH3 is 2. The lowest BCUT2D eigenvalue weighted by Crippen LogP contribution is -2.13. The third-order valence-corrected chi connectivity index (χ3v) is 5.18. The van der Waals surface area contributed by atoms with E-state index in [0.717, 1.165) is 5.56 Å². The van der Waals surface area contributed by atoms with Gasteiger partial charge in [0.2, 0.25) is 5.75 Å². The number of para-hydroxylation sites is 1. The molecule has 0 aliphatic heterocycles. The summed E-state index contributed by atoms with van der Waals surface area (Å²) in [7, 11) is 2.90. The fourth-order valence-corrected chi connectivity index (χ4v) is 3.67. The van der Waals surface area contributed by atoms with Crippen LogP contribution < -0.4 is 14.9 Å². The number of benzene rings is 3. The maximum absolute atomic E-state index is 14.1. The van der Waals surface area contributed by atoms with Crippen molar-refractivity contribution < 1.29 is 19.0 Å². The van der Waals surface area contributed by atoms with Gasteiger partial charge in [-0.15, -0.1) is 0 Å². The predicted octanol–water partition coefficient (Wildman–Crippen LogP) is 4.72. The number of rotatable bonds is 4. The van der Waals surface area contributed by atoms with Crippen molar-refractivity contribution >= 4 is 33.4 Å². The molecule has 0 fully saturated rings. The number of aromatic hydroxyl groups is 1. The second kappa shape index (κ2) is 7.29. The Labute approximate surface area is 170 Å². The number of aromatic nitrogens is 1. The molecule has 1 aromatic heterocycles. The minimum Gasteiger partial charge on any atom is -0.502 e. The van der Waals surface area contributed by atoms with Gasteiger partial charge in [0.25, 0.3) is 0 Å². The zero-order valence-electron chi connectivity index (χ0n) is 15.7. The van der Waals surface area contributed by atoms with Crippen LogP contribution in [0.25, 0.3) is 21.8 Å². The van der Waals surface area contributed by atoms with Crippen molar-refractivity contribution in [3.8, 4) is 17.2 Å². The van der Waals surface area contributed by atoms with Crippen LogP contribution in [-0.4, -0.2) is 23.9 Å². The smallest absolute Gasteiger partial charge is 0.200 e. The largest absolute Gasteiger partial charge is 0.502 e. The predicted molar refractivity (Wildman–Crippen MR) is 111 cm³/mol. The second-order valence-electron chi connectivity index (χ2n) is 6.56. The Hall–Kier alpha value is -3.25. The van der Waals surface area contributed by atoms with E-state index in [1.807, 2.05) is 16.7 Å². The lowest BCUT2D eigenvalue weighted by Gasteiger charge is -2.17. The fraction of sp³-hybridized carbons (Fsp3) is 0.136. The summed E-state index contributed by atoms with van der Waals surface area (Å²) in [5.41, 5.74) is 1.68.